The summed E-state index contributed by atoms with van der Waals surface area (Å²) >= 11 is 0. The molecule has 0 unspecified atom stereocenters. The number of hydrogen-bond donors (Lipinski definition) is 0. The molecule has 0 spiro atoms. The predicted molar refractivity (Wildman–Crippen MR) is 212 cm³/mol. The highest BCUT2D eigenvalue weighted by Crippen LogP contribution is 2.42. The van der Waals surface area contributed by atoms with Crippen LogP contribution in [0.4, 0.5) is 0 Å². The molecule has 3 aromatic heterocycles. The van der Waals surface area contributed by atoms with Crippen LogP contribution in [0.3, 0.4) is 0 Å². The highest BCUT2D eigenvalue weighted by Gasteiger charge is 2.20. The van der Waals surface area contributed by atoms with Crippen LogP contribution in [0, 0.1) is 0 Å². The summed E-state index contributed by atoms with van der Waals surface area (Å²) in [6.07, 6.45) is 0. The normalized spacial score (nSPS) is 11.9. The second kappa shape index (κ2) is 10.8. The molecule has 3 nitrogen and oxygen atoms in total. The number of rotatable bonds is 4. The summed E-state index contributed by atoms with van der Waals surface area (Å²) in [4.78, 5) is 0. The third-order valence-corrected chi connectivity index (χ3v) is 10.4. The van der Waals surface area contributed by atoms with Gasteiger partial charge in [-0.25, -0.2) is 0 Å². The molecule has 238 valence electrons. The molecule has 11 rings (SSSR count). The van der Waals surface area contributed by atoms with E-state index in [4.69, 9.17) is 8.83 Å². The van der Waals surface area contributed by atoms with Gasteiger partial charge in [-0.1, -0.05) is 127 Å². The van der Waals surface area contributed by atoms with Crippen molar-refractivity contribution in [2.45, 2.75) is 0 Å². The van der Waals surface area contributed by atoms with Crippen molar-refractivity contribution < 1.29 is 8.83 Å². The fourth-order valence-electron chi connectivity index (χ4n) is 8.00. The standard InChI is InChI=1S/C48H29NO2/c1-3-11-30(12-4-1)32-21-24-42-39(27-32)40-28-33(31-13-5-2-6-14-31)22-25-43(40)49(42)44-19-10-18-38-41-29-34(23-26-46(41)51-48(38)44)35-16-9-17-37-36-15-7-8-20-45(36)50-47(35)37/h1-29H. The lowest BCUT2D eigenvalue weighted by Gasteiger charge is -2.09. The van der Waals surface area contributed by atoms with Crippen molar-refractivity contribution in [1.82, 2.24) is 4.57 Å². The Labute approximate surface area is 293 Å². The first-order valence-corrected chi connectivity index (χ1v) is 17.3. The smallest absolute Gasteiger partial charge is 0.159 e. The summed E-state index contributed by atoms with van der Waals surface area (Å²) in [6.45, 7) is 0. The Balaban J connectivity index is 1.14. The maximum Gasteiger partial charge on any atom is 0.159 e. The number of nitrogens with zero attached hydrogens (tertiary/aromatic N) is 1. The van der Waals surface area contributed by atoms with Crippen molar-refractivity contribution >= 4 is 65.7 Å². The SMILES string of the molecule is c1ccc(-c2ccc3c(c2)c2cc(-c4ccccc4)ccc2n3-c2cccc3c2oc2ccc(-c4cccc5c4oc4ccccc45)cc23)cc1. The van der Waals surface area contributed by atoms with E-state index in [9.17, 15) is 0 Å². The van der Waals surface area contributed by atoms with Gasteiger partial charge in [-0.15, -0.1) is 0 Å². The minimum absolute atomic E-state index is 0.858. The van der Waals surface area contributed by atoms with Gasteiger partial charge in [-0.2, -0.15) is 0 Å². The first-order chi connectivity index (χ1) is 25.3. The molecule has 0 aliphatic carbocycles. The molecule has 3 heterocycles. The number of hydrogen-bond acceptors (Lipinski definition) is 2. The maximum absolute atomic E-state index is 6.77. The summed E-state index contributed by atoms with van der Waals surface area (Å²) in [5.74, 6) is 0. The lowest BCUT2D eigenvalue weighted by Crippen LogP contribution is -1.94. The van der Waals surface area contributed by atoms with Crippen LogP contribution in [-0.2, 0) is 0 Å². The minimum atomic E-state index is 0.858. The first kappa shape index (κ1) is 28.0. The number of benzene rings is 8. The first-order valence-electron chi connectivity index (χ1n) is 17.3. The van der Waals surface area contributed by atoms with Gasteiger partial charge in [0.15, 0.2) is 5.58 Å². The Morgan fingerprint density at radius 2 is 0.843 bits per heavy atom. The van der Waals surface area contributed by atoms with Crippen LogP contribution in [0.1, 0.15) is 0 Å². The maximum atomic E-state index is 6.77. The van der Waals surface area contributed by atoms with Crippen LogP contribution in [0.2, 0.25) is 0 Å². The van der Waals surface area contributed by atoms with E-state index in [-0.39, 0.29) is 0 Å². The molecular weight excluding hydrogens is 623 g/mol. The summed E-state index contributed by atoms with van der Waals surface area (Å²) in [7, 11) is 0. The predicted octanol–water partition coefficient (Wildman–Crippen LogP) is 13.6. The van der Waals surface area contributed by atoms with Gasteiger partial charge in [0, 0.05) is 37.9 Å². The number of furan rings is 2. The monoisotopic (exact) mass is 651 g/mol. The number of aromatic nitrogens is 1. The molecule has 0 saturated heterocycles. The molecule has 0 bridgehead atoms. The van der Waals surface area contributed by atoms with Gasteiger partial charge >= 0.3 is 0 Å². The molecule has 8 aromatic carbocycles. The van der Waals surface area contributed by atoms with E-state index in [0.717, 1.165) is 71.7 Å². The molecule has 11 aromatic rings. The van der Waals surface area contributed by atoms with Crippen molar-refractivity contribution in [3.8, 4) is 39.1 Å². The van der Waals surface area contributed by atoms with E-state index in [0.29, 0.717) is 0 Å². The topological polar surface area (TPSA) is 31.2 Å². The Kier molecular flexibility index (Phi) is 5.96. The molecule has 0 amide bonds. The average Bonchev–Trinajstić information content (AvgIpc) is 3.87. The molecular formula is C48H29NO2. The zero-order chi connectivity index (χ0) is 33.5. The number of para-hydroxylation sites is 3. The van der Waals surface area contributed by atoms with E-state index in [1.165, 1.54) is 33.0 Å². The van der Waals surface area contributed by atoms with Gasteiger partial charge < -0.3 is 13.4 Å². The van der Waals surface area contributed by atoms with Crippen molar-refractivity contribution in [2.24, 2.45) is 0 Å². The molecule has 0 N–H and O–H groups in total. The van der Waals surface area contributed by atoms with Crippen molar-refractivity contribution in [3.05, 3.63) is 176 Å². The van der Waals surface area contributed by atoms with E-state index < -0.39 is 0 Å². The molecule has 0 fully saturated rings. The molecule has 0 aliphatic heterocycles. The molecule has 0 radical (unpaired) electrons. The van der Waals surface area contributed by atoms with Gasteiger partial charge in [-0.3, -0.25) is 0 Å². The quantitative estimate of drug-likeness (QED) is 0.190. The molecule has 51 heavy (non-hydrogen) atoms. The lowest BCUT2D eigenvalue weighted by atomic mass is 10.0. The molecule has 0 saturated carbocycles. The largest absolute Gasteiger partial charge is 0.455 e. The van der Waals surface area contributed by atoms with Gasteiger partial charge in [0.2, 0.25) is 0 Å². The third kappa shape index (κ3) is 4.25. The Bertz CT molecular complexity index is 3030. The summed E-state index contributed by atoms with van der Waals surface area (Å²) in [5, 5.41) is 6.83. The summed E-state index contributed by atoms with van der Waals surface area (Å²) in [5.41, 5.74) is 13.8. The minimum Gasteiger partial charge on any atom is -0.455 e. The zero-order valence-electron chi connectivity index (χ0n) is 27.5. The van der Waals surface area contributed by atoms with E-state index in [2.05, 4.69) is 168 Å². The van der Waals surface area contributed by atoms with Crippen molar-refractivity contribution in [3.63, 3.8) is 0 Å². The van der Waals surface area contributed by atoms with Crippen LogP contribution >= 0.6 is 0 Å². The van der Waals surface area contributed by atoms with Gasteiger partial charge in [0.25, 0.3) is 0 Å². The van der Waals surface area contributed by atoms with Gasteiger partial charge in [-0.05, 0) is 76.3 Å². The fourth-order valence-corrected chi connectivity index (χ4v) is 8.00. The van der Waals surface area contributed by atoms with E-state index >= 15 is 0 Å². The van der Waals surface area contributed by atoms with Crippen molar-refractivity contribution in [2.75, 3.05) is 0 Å². The van der Waals surface area contributed by atoms with Crippen LogP contribution in [0.25, 0.3) is 105 Å². The molecule has 0 aliphatic rings. The van der Waals surface area contributed by atoms with E-state index in [1.807, 2.05) is 12.1 Å². The Morgan fingerprint density at radius 1 is 0.314 bits per heavy atom. The average molecular weight is 652 g/mol. The zero-order valence-corrected chi connectivity index (χ0v) is 27.5. The number of fused-ring (bicyclic) bond motifs is 9. The molecule has 0 atom stereocenters. The highest BCUT2D eigenvalue weighted by atomic mass is 16.3. The Hall–Kier alpha value is -6.84. The third-order valence-electron chi connectivity index (χ3n) is 10.4. The summed E-state index contributed by atoms with van der Waals surface area (Å²) in [6, 6.07) is 62.5. The van der Waals surface area contributed by atoms with Crippen LogP contribution in [0.15, 0.2) is 185 Å². The lowest BCUT2D eigenvalue weighted by molar-refractivity contribution is 0.666. The second-order valence-electron chi connectivity index (χ2n) is 13.3. The fraction of sp³-hybridized carbons (Fsp3) is 0. The van der Waals surface area contributed by atoms with Gasteiger partial charge in [0.05, 0.1) is 16.7 Å². The highest BCUT2D eigenvalue weighted by molar-refractivity contribution is 6.15. The second-order valence-corrected chi connectivity index (χ2v) is 13.3. The summed E-state index contributed by atoms with van der Waals surface area (Å²) < 4.78 is 15.6. The van der Waals surface area contributed by atoms with Crippen LogP contribution in [0.5, 0.6) is 0 Å². The van der Waals surface area contributed by atoms with Crippen molar-refractivity contribution in [1.29, 1.82) is 0 Å². The molecule has 3 heteroatoms. The van der Waals surface area contributed by atoms with Crippen LogP contribution < -0.4 is 0 Å². The van der Waals surface area contributed by atoms with E-state index in [1.54, 1.807) is 0 Å². The van der Waals surface area contributed by atoms with Crippen LogP contribution in [-0.4, -0.2) is 4.57 Å². The Morgan fingerprint density at radius 3 is 1.55 bits per heavy atom. The van der Waals surface area contributed by atoms with Gasteiger partial charge in [0.1, 0.15) is 16.7 Å².